The molecule has 3 heterocycles. The van der Waals surface area contributed by atoms with Crippen molar-refractivity contribution in [2.45, 2.75) is 52.2 Å². The van der Waals surface area contributed by atoms with Crippen LogP contribution in [0.4, 0.5) is 5.69 Å². The van der Waals surface area contributed by atoms with E-state index in [1.807, 2.05) is 0 Å². The van der Waals surface area contributed by atoms with E-state index < -0.39 is 0 Å². The van der Waals surface area contributed by atoms with Crippen LogP contribution in [-0.4, -0.2) is 21.7 Å². The van der Waals surface area contributed by atoms with Gasteiger partial charge in [-0.05, 0) is 133 Å². The van der Waals surface area contributed by atoms with Gasteiger partial charge in [0.05, 0.1) is 6.04 Å². The maximum Gasteiger partial charge on any atom is 0.0605 e. The molecule has 3 nitrogen and oxygen atoms in total. The monoisotopic (exact) mass is 751 g/mol. The fourth-order valence-corrected chi connectivity index (χ4v) is 9.86. The fraction of sp³-hybridized carbons (Fsp3) is 0.164. The zero-order chi connectivity index (χ0) is 39.4. The van der Waals surface area contributed by atoms with E-state index in [-0.39, 0.29) is 5.41 Å². The normalized spacial score (nSPS) is 17.7. The molecular formula is C55H49N3. The Hall–Kier alpha value is -6.58. The number of anilines is 1. The van der Waals surface area contributed by atoms with Crippen LogP contribution in [0, 0.1) is 0 Å². The van der Waals surface area contributed by atoms with Gasteiger partial charge in [0, 0.05) is 74.3 Å². The average molecular weight is 752 g/mol. The van der Waals surface area contributed by atoms with Gasteiger partial charge >= 0.3 is 0 Å². The fourth-order valence-electron chi connectivity index (χ4n) is 9.86. The van der Waals surface area contributed by atoms with E-state index in [9.17, 15) is 0 Å². The molecule has 0 bridgehead atoms. The Labute approximate surface area is 341 Å². The highest BCUT2D eigenvalue weighted by Crippen LogP contribution is 2.48. The summed E-state index contributed by atoms with van der Waals surface area (Å²) in [4.78, 5) is 2.54. The first-order chi connectivity index (χ1) is 28.4. The molecule has 2 atom stereocenters. The van der Waals surface area contributed by atoms with Crippen LogP contribution in [0.5, 0.6) is 0 Å². The molecule has 2 aliphatic rings. The number of benzene rings is 6. The molecule has 0 N–H and O–H groups in total. The number of likely N-dealkylation sites (N-methyl/N-ethyl adjacent to an activating group) is 1. The number of aryl methyl sites for hydroxylation is 2. The van der Waals surface area contributed by atoms with Crippen LogP contribution in [0.3, 0.4) is 0 Å². The third-order valence-electron chi connectivity index (χ3n) is 12.7. The molecule has 0 saturated heterocycles. The van der Waals surface area contributed by atoms with Gasteiger partial charge in [-0.15, -0.1) is 0 Å². The third kappa shape index (κ3) is 5.96. The largest absolute Gasteiger partial charge is 0.364 e. The van der Waals surface area contributed by atoms with E-state index in [0.717, 1.165) is 19.6 Å². The van der Waals surface area contributed by atoms with Gasteiger partial charge in [0.1, 0.15) is 0 Å². The number of hydrogen-bond donors (Lipinski definition) is 0. The molecule has 2 aromatic heterocycles. The SMILES string of the molecule is CCN1c2ccc(/C=C/c3cc(/C=C/c4ccc5c(c4)c4ccccc4n5CC)cc(/C=C/c4ccc5c(c4)c4ccccc4n5CC)c3)cc2C2(C)C=CC=CC12. The lowest BCUT2D eigenvalue weighted by molar-refractivity contribution is 0.528. The van der Waals surface area contributed by atoms with Gasteiger partial charge in [-0.25, -0.2) is 0 Å². The molecular weight excluding hydrogens is 703 g/mol. The Bertz CT molecular complexity index is 2900. The van der Waals surface area contributed by atoms with Crippen molar-refractivity contribution >= 4 is 85.8 Å². The van der Waals surface area contributed by atoms with Gasteiger partial charge in [-0.2, -0.15) is 0 Å². The summed E-state index contributed by atoms with van der Waals surface area (Å²) in [6, 6.07) is 45.5. The van der Waals surface area contributed by atoms with Crippen molar-refractivity contribution in [1.82, 2.24) is 9.13 Å². The third-order valence-corrected chi connectivity index (χ3v) is 12.7. The van der Waals surface area contributed by atoms with Gasteiger partial charge in [0.2, 0.25) is 0 Å². The van der Waals surface area contributed by atoms with Gasteiger partial charge < -0.3 is 14.0 Å². The minimum Gasteiger partial charge on any atom is -0.364 e. The number of hydrogen-bond acceptors (Lipinski definition) is 1. The zero-order valence-electron chi connectivity index (χ0n) is 33.9. The van der Waals surface area contributed by atoms with Crippen LogP contribution in [0.2, 0.25) is 0 Å². The molecule has 6 aromatic carbocycles. The van der Waals surface area contributed by atoms with E-state index in [1.165, 1.54) is 88.2 Å². The van der Waals surface area contributed by atoms with Crippen LogP contribution in [-0.2, 0) is 18.5 Å². The second-order valence-electron chi connectivity index (χ2n) is 16.0. The van der Waals surface area contributed by atoms with Crippen molar-refractivity contribution in [3.63, 3.8) is 0 Å². The maximum atomic E-state index is 2.54. The lowest BCUT2D eigenvalue weighted by atomic mass is 9.76. The summed E-state index contributed by atoms with van der Waals surface area (Å²) < 4.78 is 4.82. The quantitative estimate of drug-likeness (QED) is 0.134. The first kappa shape index (κ1) is 35.8. The highest BCUT2D eigenvalue weighted by Gasteiger charge is 2.45. The molecule has 1 aliphatic heterocycles. The van der Waals surface area contributed by atoms with Crippen molar-refractivity contribution < 1.29 is 0 Å². The number of aromatic nitrogens is 2. The maximum absolute atomic E-state index is 2.54. The van der Waals surface area contributed by atoms with Gasteiger partial charge in [0.25, 0.3) is 0 Å². The molecule has 0 radical (unpaired) electrons. The van der Waals surface area contributed by atoms with Gasteiger partial charge in [-0.1, -0.05) is 115 Å². The van der Waals surface area contributed by atoms with E-state index >= 15 is 0 Å². The number of rotatable bonds is 9. The number of para-hydroxylation sites is 2. The molecule has 0 fully saturated rings. The smallest absolute Gasteiger partial charge is 0.0605 e. The van der Waals surface area contributed by atoms with Crippen LogP contribution >= 0.6 is 0 Å². The number of fused-ring (bicyclic) bond motifs is 9. The summed E-state index contributed by atoms with van der Waals surface area (Å²) >= 11 is 0. The van der Waals surface area contributed by atoms with E-state index in [4.69, 9.17) is 0 Å². The van der Waals surface area contributed by atoms with Crippen LogP contribution in [0.15, 0.2) is 146 Å². The Morgan fingerprint density at radius 1 is 0.466 bits per heavy atom. The van der Waals surface area contributed by atoms with Crippen molar-refractivity contribution in [2.75, 3.05) is 11.4 Å². The summed E-state index contributed by atoms with van der Waals surface area (Å²) in [5, 5.41) is 5.22. The van der Waals surface area contributed by atoms with Crippen molar-refractivity contribution in [3.05, 3.63) is 185 Å². The second kappa shape index (κ2) is 14.4. The summed E-state index contributed by atoms with van der Waals surface area (Å²) in [6.07, 6.45) is 22.7. The predicted molar refractivity (Wildman–Crippen MR) is 252 cm³/mol. The highest BCUT2D eigenvalue weighted by atomic mass is 15.2. The van der Waals surface area contributed by atoms with Gasteiger partial charge in [0.15, 0.2) is 0 Å². The standard InChI is InChI=1S/C55H49N3/c1-5-56-49-16-10-8-14-44(49)46-35-38(25-28-51(46)56)19-22-41-32-42(23-20-39-26-29-52-47(36-39)45-15-9-11-17-50(45)57(52)6-2)34-43(33-41)24-21-40-27-30-53-48(37-40)55(4)31-13-12-18-54(55)58(53)7-3/h8-37,54H,5-7H2,1-4H3/b22-19+,23-20+,24-21+. The molecule has 8 aromatic rings. The average Bonchev–Trinajstić information content (AvgIpc) is 3.85. The Morgan fingerprint density at radius 3 is 1.45 bits per heavy atom. The Kier molecular flexibility index (Phi) is 8.90. The highest BCUT2D eigenvalue weighted by molar-refractivity contribution is 6.10. The lowest BCUT2D eigenvalue weighted by Crippen LogP contribution is -2.41. The number of allylic oxidation sites excluding steroid dienone is 2. The zero-order valence-corrected chi connectivity index (χ0v) is 33.9. The topological polar surface area (TPSA) is 13.1 Å². The first-order valence-electron chi connectivity index (χ1n) is 20.9. The van der Waals surface area contributed by atoms with Crippen molar-refractivity contribution in [1.29, 1.82) is 0 Å². The van der Waals surface area contributed by atoms with E-state index in [0.29, 0.717) is 6.04 Å². The molecule has 0 saturated carbocycles. The van der Waals surface area contributed by atoms with Crippen molar-refractivity contribution in [2.24, 2.45) is 0 Å². The summed E-state index contributed by atoms with van der Waals surface area (Å²) in [6.45, 7) is 12.0. The molecule has 3 heteroatoms. The number of nitrogens with zero attached hydrogens (tertiary/aromatic N) is 3. The summed E-state index contributed by atoms with van der Waals surface area (Å²) in [7, 11) is 0. The minimum atomic E-state index is -0.0322. The Balaban J connectivity index is 1.02. The van der Waals surface area contributed by atoms with Crippen LogP contribution in [0.1, 0.15) is 66.6 Å². The summed E-state index contributed by atoms with van der Waals surface area (Å²) in [5.41, 5.74) is 15.0. The molecule has 58 heavy (non-hydrogen) atoms. The molecule has 284 valence electrons. The molecule has 2 unspecified atom stereocenters. The van der Waals surface area contributed by atoms with E-state index in [1.54, 1.807) is 0 Å². The summed E-state index contributed by atoms with van der Waals surface area (Å²) in [5.74, 6) is 0. The predicted octanol–water partition coefficient (Wildman–Crippen LogP) is 14.0. The molecule has 10 rings (SSSR count). The van der Waals surface area contributed by atoms with Crippen molar-refractivity contribution in [3.8, 4) is 0 Å². The molecule has 1 aliphatic carbocycles. The first-order valence-corrected chi connectivity index (χ1v) is 20.9. The molecule has 0 spiro atoms. The van der Waals surface area contributed by atoms with E-state index in [2.05, 4.69) is 224 Å². The molecule has 0 amide bonds. The van der Waals surface area contributed by atoms with Crippen LogP contribution < -0.4 is 4.90 Å². The minimum absolute atomic E-state index is 0.0322. The Morgan fingerprint density at radius 2 is 0.931 bits per heavy atom. The van der Waals surface area contributed by atoms with Crippen LogP contribution in [0.25, 0.3) is 80.1 Å². The lowest BCUT2D eigenvalue weighted by Gasteiger charge is -2.34. The second-order valence-corrected chi connectivity index (χ2v) is 16.0. The van der Waals surface area contributed by atoms with Gasteiger partial charge in [-0.3, -0.25) is 0 Å².